The Morgan fingerprint density at radius 2 is 2.07 bits per heavy atom. The van der Waals surface area contributed by atoms with Gasteiger partial charge in [-0.2, -0.15) is 5.10 Å². The first kappa shape index (κ1) is 19.1. The van der Waals surface area contributed by atoms with Crippen LogP contribution in [0.1, 0.15) is 56.2 Å². The molecule has 0 saturated heterocycles. The Morgan fingerprint density at radius 1 is 1.30 bits per heavy atom. The molecule has 1 N–H and O–H groups in total. The third kappa shape index (κ3) is 3.24. The third-order valence-corrected chi connectivity index (χ3v) is 6.78. The highest BCUT2D eigenvalue weighted by atomic mass is 16.3. The zero-order valence-electron chi connectivity index (χ0n) is 17.5. The summed E-state index contributed by atoms with van der Waals surface area (Å²) in [7, 11) is 0. The van der Waals surface area contributed by atoms with Crippen LogP contribution in [-0.4, -0.2) is 24.4 Å². The van der Waals surface area contributed by atoms with Crippen LogP contribution in [0, 0.1) is 12.8 Å². The lowest BCUT2D eigenvalue weighted by Crippen LogP contribution is -2.36. The number of aromatic nitrogens is 4. The number of nitrogens with zero attached hydrogens (tertiary/aromatic N) is 4. The zero-order chi connectivity index (χ0) is 20.9. The molecule has 2 aliphatic carbocycles. The van der Waals surface area contributed by atoms with Crippen LogP contribution < -0.4 is 5.43 Å². The van der Waals surface area contributed by atoms with Gasteiger partial charge >= 0.3 is 0 Å². The van der Waals surface area contributed by atoms with Crippen molar-refractivity contribution in [3.63, 3.8) is 0 Å². The number of rotatable bonds is 6. The van der Waals surface area contributed by atoms with E-state index in [1.54, 1.807) is 4.68 Å². The number of aryl methyl sites for hydroxylation is 1. The first-order chi connectivity index (χ1) is 14.5. The van der Waals surface area contributed by atoms with E-state index in [-0.39, 0.29) is 11.3 Å². The predicted octanol–water partition coefficient (Wildman–Crippen LogP) is 4.39. The number of hydrogen-bond acceptors (Lipinski definition) is 4. The van der Waals surface area contributed by atoms with Gasteiger partial charge in [0.2, 0.25) is 5.43 Å². The molecule has 0 amide bonds. The summed E-state index contributed by atoms with van der Waals surface area (Å²) >= 11 is 0. The van der Waals surface area contributed by atoms with Gasteiger partial charge in [0.25, 0.3) is 0 Å². The Morgan fingerprint density at radius 3 is 2.80 bits per heavy atom. The van der Waals surface area contributed by atoms with Gasteiger partial charge in [0.15, 0.2) is 5.75 Å². The summed E-state index contributed by atoms with van der Waals surface area (Å²) in [6, 6.07) is 4.08. The summed E-state index contributed by atoms with van der Waals surface area (Å²) in [5, 5.41) is 16.2. The van der Waals surface area contributed by atoms with Gasteiger partial charge < -0.3 is 9.67 Å². The summed E-state index contributed by atoms with van der Waals surface area (Å²) < 4.78 is 4.06. The summed E-state index contributed by atoms with van der Waals surface area (Å²) in [6.07, 6.45) is 13.0. The van der Waals surface area contributed by atoms with E-state index in [4.69, 9.17) is 0 Å². The molecule has 0 spiro atoms. The summed E-state index contributed by atoms with van der Waals surface area (Å²) in [4.78, 5) is 17.2. The van der Waals surface area contributed by atoms with Gasteiger partial charge in [-0.05, 0) is 68.2 Å². The molecule has 0 unspecified atom stereocenters. The molecule has 6 heteroatoms. The van der Waals surface area contributed by atoms with Crippen LogP contribution in [-0.2, 0) is 12.1 Å². The molecule has 156 valence electrons. The third-order valence-electron chi connectivity index (χ3n) is 6.78. The average Bonchev–Trinajstić information content (AvgIpc) is 3.31. The summed E-state index contributed by atoms with van der Waals surface area (Å²) in [5.41, 5.74) is 2.64. The van der Waals surface area contributed by atoms with Gasteiger partial charge in [0.1, 0.15) is 11.3 Å². The van der Waals surface area contributed by atoms with Crippen LogP contribution in [0.15, 0.2) is 42.1 Å². The van der Waals surface area contributed by atoms with E-state index in [1.165, 1.54) is 24.6 Å². The minimum absolute atomic E-state index is 0.176. The van der Waals surface area contributed by atoms with Crippen molar-refractivity contribution in [2.75, 3.05) is 0 Å². The molecule has 0 radical (unpaired) electrons. The van der Waals surface area contributed by atoms with Gasteiger partial charge in [0, 0.05) is 17.8 Å². The normalized spacial score (nSPS) is 18.2. The number of allylic oxidation sites excluding steroid dienone is 1. The van der Waals surface area contributed by atoms with E-state index in [2.05, 4.69) is 40.4 Å². The molecule has 2 saturated carbocycles. The van der Waals surface area contributed by atoms with Crippen LogP contribution in [0.25, 0.3) is 16.6 Å². The standard InChI is InChI=1S/C24H28N4O2/c1-16(12-18-7-8-18)21-22(30)20(29)14-27(26-21)15-24(9-3-4-10-24)28-13-17(2)19-6-5-11-25-23(19)28/h5-6,11,13-14,18,29H,1,3-4,7-10,12,15H2,2H3. The van der Waals surface area contributed by atoms with Crippen molar-refractivity contribution in [3.05, 3.63) is 58.8 Å². The average molecular weight is 405 g/mol. The minimum Gasteiger partial charge on any atom is -0.503 e. The van der Waals surface area contributed by atoms with E-state index in [9.17, 15) is 9.90 Å². The first-order valence-electron chi connectivity index (χ1n) is 10.9. The van der Waals surface area contributed by atoms with E-state index >= 15 is 0 Å². The molecule has 0 atom stereocenters. The highest BCUT2D eigenvalue weighted by Crippen LogP contribution is 2.41. The fourth-order valence-corrected chi connectivity index (χ4v) is 5.00. The highest BCUT2D eigenvalue weighted by Gasteiger charge is 2.38. The minimum atomic E-state index is -0.415. The fraction of sp³-hybridized carbons (Fsp3) is 0.458. The predicted molar refractivity (Wildman–Crippen MR) is 117 cm³/mol. The molecule has 0 aliphatic heterocycles. The molecule has 3 aromatic rings. The number of hydrogen-bond donors (Lipinski definition) is 1. The van der Waals surface area contributed by atoms with Gasteiger partial charge in [-0.3, -0.25) is 9.48 Å². The molecule has 0 bridgehead atoms. The van der Waals surface area contributed by atoms with Gasteiger partial charge in [-0.1, -0.05) is 19.4 Å². The van der Waals surface area contributed by atoms with Crippen LogP contribution >= 0.6 is 0 Å². The van der Waals surface area contributed by atoms with E-state index in [1.807, 2.05) is 12.3 Å². The van der Waals surface area contributed by atoms with Gasteiger partial charge in [0.05, 0.1) is 18.3 Å². The van der Waals surface area contributed by atoms with Crippen molar-refractivity contribution in [2.24, 2.45) is 5.92 Å². The summed E-state index contributed by atoms with van der Waals surface area (Å²) in [6.45, 7) is 6.80. The first-order valence-corrected chi connectivity index (χ1v) is 10.9. The van der Waals surface area contributed by atoms with Crippen molar-refractivity contribution in [3.8, 4) is 5.75 Å². The highest BCUT2D eigenvalue weighted by molar-refractivity contribution is 5.80. The van der Waals surface area contributed by atoms with Crippen LogP contribution in [0.2, 0.25) is 0 Å². The molecular weight excluding hydrogens is 376 g/mol. The molecule has 30 heavy (non-hydrogen) atoms. The van der Waals surface area contributed by atoms with Crippen LogP contribution in [0.5, 0.6) is 5.75 Å². The van der Waals surface area contributed by atoms with E-state index in [0.29, 0.717) is 18.2 Å². The van der Waals surface area contributed by atoms with E-state index in [0.717, 1.165) is 48.7 Å². The Balaban J connectivity index is 1.56. The lowest BCUT2D eigenvalue weighted by molar-refractivity contribution is 0.240. The number of aromatic hydroxyl groups is 1. The number of fused-ring (bicyclic) bond motifs is 1. The monoisotopic (exact) mass is 404 g/mol. The molecule has 5 rings (SSSR count). The maximum Gasteiger partial charge on any atom is 0.249 e. The van der Waals surface area contributed by atoms with Crippen LogP contribution in [0.4, 0.5) is 0 Å². The maximum absolute atomic E-state index is 12.5. The molecule has 2 fully saturated rings. The lowest BCUT2D eigenvalue weighted by atomic mass is 9.97. The molecular formula is C24H28N4O2. The maximum atomic E-state index is 12.5. The molecule has 3 aromatic heterocycles. The Kier molecular flexibility index (Phi) is 4.53. The second-order valence-electron chi connectivity index (χ2n) is 9.13. The van der Waals surface area contributed by atoms with Crippen molar-refractivity contribution >= 4 is 16.6 Å². The van der Waals surface area contributed by atoms with Gasteiger partial charge in [-0.15, -0.1) is 0 Å². The van der Waals surface area contributed by atoms with Crippen molar-refractivity contribution in [1.82, 2.24) is 19.3 Å². The largest absolute Gasteiger partial charge is 0.503 e. The molecule has 6 nitrogen and oxygen atoms in total. The number of pyridine rings is 1. The second kappa shape index (κ2) is 7.11. The Hall–Kier alpha value is -2.89. The smallest absolute Gasteiger partial charge is 0.249 e. The fourth-order valence-electron chi connectivity index (χ4n) is 5.00. The molecule has 3 heterocycles. The molecule has 0 aromatic carbocycles. The van der Waals surface area contributed by atoms with E-state index < -0.39 is 5.43 Å². The van der Waals surface area contributed by atoms with Crippen molar-refractivity contribution in [2.45, 2.75) is 64.0 Å². The van der Waals surface area contributed by atoms with Crippen LogP contribution in [0.3, 0.4) is 0 Å². The Bertz CT molecular complexity index is 1180. The zero-order valence-corrected chi connectivity index (χ0v) is 17.5. The van der Waals surface area contributed by atoms with Crippen molar-refractivity contribution < 1.29 is 5.11 Å². The lowest BCUT2D eigenvalue weighted by Gasteiger charge is -2.32. The van der Waals surface area contributed by atoms with Gasteiger partial charge in [-0.25, -0.2) is 4.98 Å². The molecule has 2 aliphatic rings. The van der Waals surface area contributed by atoms with Crippen molar-refractivity contribution in [1.29, 1.82) is 0 Å². The quantitative estimate of drug-likeness (QED) is 0.661. The second-order valence-corrected chi connectivity index (χ2v) is 9.13. The Labute approximate surface area is 175 Å². The SMILES string of the molecule is C=C(CC1CC1)c1nn(CC2(n3cc(C)c4cccnc43)CCCC2)cc(O)c1=O. The summed E-state index contributed by atoms with van der Waals surface area (Å²) in [5.74, 6) is 0.354. The topological polar surface area (TPSA) is 72.9 Å².